The summed E-state index contributed by atoms with van der Waals surface area (Å²) in [4.78, 5) is 14.8. The molecule has 2 atom stereocenters. The number of hydrogen-bond donors (Lipinski definition) is 1. The Labute approximate surface area is 185 Å². The smallest absolute Gasteiger partial charge is 0.223 e. The number of hydrazone groups is 1. The summed E-state index contributed by atoms with van der Waals surface area (Å²) in [7, 11) is 0. The summed E-state index contributed by atoms with van der Waals surface area (Å²) in [6, 6.07) is 20.5. The Kier molecular flexibility index (Phi) is 6.42. The number of benzene rings is 2. The van der Waals surface area contributed by atoms with Crippen LogP contribution < -0.4 is 5.01 Å². The fourth-order valence-corrected chi connectivity index (χ4v) is 4.85. The first-order valence-electron chi connectivity index (χ1n) is 11.4. The Morgan fingerprint density at radius 2 is 1.71 bits per heavy atom. The maximum Gasteiger partial charge on any atom is 0.223 e. The highest BCUT2D eigenvalue weighted by Gasteiger charge is 2.39. The average molecular weight is 420 g/mol. The van der Waals surface area contributed by atoms with E-state index in [9.17, 15) is 9.90 Å². The molecular weight excluding hydrogens is 386 g/mol. The van der Waals surface area contributed by atoms with Gasteiger partial charge in [-0.2, -0.15) is 5.10 Å². The molecule has 0 radical (unpaired) electrons. The van der Waals surface area contributed by atoms with Crippen molar-refractivity contribution >= 4 is 17.3 Å². The van der Waals surface area contributed by atoms with E-state index in [1.165, 1.54) is 5.56 Å². The maximum absolute atomic E-state index is 12.8. The van der Waals surface area contributed by atoms with Crippen LogP contribution in [0.2, 0.25) is 0 Å². The van der Waals surface area contributed by atoms with Crippen LogP contribution in [-0.2, 0) is 4.79 Å². The van der Waals surface area contributed by atoms with Crippen LogP contribution in [0.1, 0.15) is 57.4 Å². The Morgan fingerprint density at radius 1 is 1.10 bits per heavy atom. The molecule has 0 spiro atoms. The molecule has 2 aliphatic rings. The van der Waals surface area contributed by atoms with Crippen LogP contribution in [0, 0.1) is 0 Å². The quantitative estimate of drug-likeness (QED) is 0.746. The molecule has 0 aliphatic carbocycles. The van der Waals surface area contributed by atoms with Crippen LogP contribution >= 0.6 is 0 Å². The minimum Gasteiger partial charge on any atom is -0.390 e. The van der Waals surface area contributed by atoms with E-state index in [0.29, 0.717) is 38.8 Å². The second-order valence-electron chi connectivity index (χ2n) is 9.20. The van der Waals surface area contributed by atoms with Crippen molar-refractivity contribution in [1.29, 1.82) is 0 Å². The molecule has 2 aliphatic heterocycles. The van der Waals surface area contributed by atoms with Crippen molar-refractivity contribution in [2.24, 2.45) is 5.10 Å². The van der Waals surface area contributed by atoms with Gasteiger partial charge in [-0.1, -0.05) is 55.5 Å². The number of hydrogen-bond acceptors (Lipinski definition) is 4. The zero-order valence-electron chi connectivity index (χ0n) is 18.6. The van der Waals surface area contributed by atoms with E-state index in [-0.39, 0.29) is 17.9 Å². The number of likely N-dealkylation sites (tertiary alicyclic amines) is 1. The topological polar surface area (TPSA) is 56.1 Å². The van der Waals surface area contributed by atoms with Gasteiger partial charge in [-0.3, -0.25) is 9.80 Å². The summed E-state index contributed by atoms with van der Waals surface area (Å²) in [6.07, 6.45) is 3.30. The number of nitrogens with zero attached hydrogens (tertiary/aromatic N) is 3. The minimum absolute atomic E-state index is 0.160. The van der Waals surface area contributed by atoms with E-state index in [4.69, 9.17) is 5.10 Å². The second kappa shape index (κ2) is 9.23. The molecule has 2 aromatic carbocycles. The van der Waals surface area contributed by atoms with Gasteiger partial charge in [-0.15, -0.1) is 0 Å². The zero-order chi connectivity index (χ0) is 21.8. The number of piperidine rings is 1. The Balaban J connectivity index is 1.33. The molecular formula is C26H33N3O2. The van der Waals surface area contributed by atoms with Crippen molar-refractivity contribution < 1.29 is 9.90 Å². The van der Waals surface area contributed by atoms with Gasteiger partial charge in [0.2, 0.25) is 5.91 Å². The lowest BCUT2D eigenvalue weighted by Crippen LogP contribution is -2.49. The molecule has 1 saturated heterocycles. The molecule has 1 N–H and O–H groups in total. The normalized spacial score (nSPS) is 21.6. The monoisotopic (exact) mass is 419 g/mol. The van der Waals surface area contributed by atoms with Gasteiger partial charge in [0.1, 0.15) is 0 Å². The minimum atomic E-state index is -0.750. The first-order valence-corrected chi connectivity index (χ1v) is 11.4. The van der Waals surface area contributed by atoms with Gasteiger partial charge >= 0.3 is 0 Å². The highest BCUT2D eigenvalue weighted by atomic mass is 16.3. The number of para-hydroxylation sites is 1. The van der Waals surface area contributed by atoms with Gasteiger partial charge in [-0.25, -0.2) is 0 Å². The predicted octanol–water partition coefficient (Wildman–Crippen LogP) is 4.58. The van der Waals surface area contributed by atoms with Gasteiger partial charge in [0.25, 0.3) is 0 Å². The van der Waals surface area contributed by atoms with Gasteiger partial charge in [0.05, 0.1) is 17.3 Å². The van der Waals surface area contributed by atoms with E-state index < -0.39 is 5.60 Å². The number of carbonyl (C=O) groups is 1. The van der Waals surface area contributed by atoms with Crippen molar-refractivity contribution in [1.82, 2.24) is 4.90 Å². The lowest BCUT2D eigenvalue weighted by atomic mass is 9.83. The fourth-order valence-electron chi connectivity index (χ4n) is 4.85. The Hall–Kier alpha value is -2.66. The summed E-state index contributed by atoms with van der Waals surface area (Å²) < 4.78 is 0. The van der Waals surface area contributed by atoms with Crippen LogP contribution in [-0.4, -0.2) is 46.4 Å². The number of rotatable bonds is 6. The highest BCUT2D eigenvalue weighted by Crippen LogP contribution is 2.34. The van der Waals surface area contributed by atoms with Crippen molar-refractivity contribution in [2.75, 3.05) is 18.1 Å². The number of aliphatic hydroxyl groups is 1. The first kappa shape index (κ1) is 21.6. The van der Waals surface area contributed by atoms with Crippen LogP contribution in [0.3, 0.4) is 0 Å². The summed E-state index contributed by atoms with van der Waals surface area (Å²) in [5, 5.41) is 18.1. The van der Waals surface area contributed by atoms with E-state index in [2.05, 4.69) is 43.1 Å². The molecule has 5 heteroatoms. The number of carbonyl (C=O) groups excluding carboxylic acids is 1. The standard InChI is InChI=1S/C26H33N3O2/c1-20(22-9-5-3-6-10-22)17-25(30)28-15-13-26(31,14-16-28)19-24-18-21(2)27-29(24)23-11-7-4-8-12-23/h3-12,20,24,31H,13-19H2,1-2H3/t20-,24?/m1/s1. The zero-order valence-corrected chi connectivity index (χ0v) is 18.6. The lowest BCUT2D eigenvalue weighted by molar-refractivity contribution is -0.136. The third kappa shape index (κ3) is 5.16. The molecule has 0 aromatic heterocycles. The Morgan fingerprint density at radius 3 is 2.35 bits per heavy atom. The maximum atomic E-state index is 12.8. The molecule has 0 saturated carbocycles. The lowest BCUT2D eigenvalue weighted by Gasteiger charge is -2.41. The van der Waals surface area contributed by atoms with Crippen LogP contribution in [0.15, 0.2) is 65.8 Å². The van der Waals surface area contributed by atoms with Gasteiger partial charge in [0.15, 0.2) is 0 Å². The predicted molar refractivity (Wildman–Crippen MR) is 125 cm³/mol. The molecule has 2 heterocycles. The third-order valence-electron chi connectivity index (χ3n) is 6.69. The SMILES string of the molecule is CC1=NN(c2ccccc2)C(CC2(O)CCN(C(=O)C[C@@H](C)c3ccccc3)CC2)C1. The molecule has 2 aromatic rings. The van der Waals surface area contributed by atoms with Crippen molar-refractivity contribution in [3.05, 3.63) is 66.2 Å². The van der Waals surface area contributed by atoms with E-state index in [1.54, 1.807) is 0 Å². The molecule has 4 rings (SSSR count). The first-order chi connectivity index (χ1) is 14.9. The van der Waals surface area contributed by atoms with Crippen molar-refractivity contribution in [2.45, 2.75) is 63.5 Å². The van der Waals surface area contributed by atoms with E-state index in [1.807, 2.05) is 41.3 Å². The summed E-state index contributed by atoms with van der Waals surface area (Å²) in [5.74, 6) is 0.386. The van der Waals surface area contributed by atoms with E-state index in [0.717, 1.165) is 17.8 Å². The van der Waals surface area contributed by atoms with Gasteiger partial charge in [-0.05, 0) is 49.8 Å². The van der Waals surface area contributed by atoms with Crippen LogP contribution in [0.25, 0.3) is 0 Å². The molecule has 5 nitrogen and oxygen atoms in total. The van der Waals surface area contributed by atoms with E-state index >= 15 is 0 Å². The molecule has 164 valence electrons. The van der Waals surface area contributed by atoms with Gasteiger partial charge in [0, 0.05) is 31.6 Å². The number of anilines is 1. The fraction of sp³-hybridized carbons (Fsp3) is 0.462. The summed E-state index contributed by atoms with van der Waals surface area (Å²) >= 11 is 0. The summed E-state index contributed by atoms with van der Waals surface area (Å²) in [6.45, 7) is 5.40. The summed E-state index contributed by atoms with van der Waals surface area (Å²) in [5.41, 5.74) is 2.61. The second-order valence-corrected chi connectivity index (χ2v) is 9.20. The van der Waals surface area contributed by atoms with Crippen LogP contribution in [0.5, 0.6) is 0 Å². The van der Waals surface area contributed by atoms with Crippen molar-refractivity contribution in [3.8, 4) is 0 Å². The number of amides is 1. The molecule has 0 bridgehead atoms. The average Bonchev–Trinajstić information content (AvgIpc) is 3.14. The molecule has 1 amide bonds. The van der Waals surface area contributed by atoms with Crippen molar-refractivity contribution in [3.63, 3.8) is 0 Å². The molecule has 1 unspecified atom stereocenters. The van der Waals surface area contributed by atoms with Gasteiger partial charge < -0.3 is 10.0 Å². The molecule has 1 fully saturated rings. The van der Waals surface area contributed by atoms with Crippen LogP contribution in [0.4, 0.5) is 5.69 Å². The largest absolute Gasteiger partial charge is 0.390 e. The molecule has 31 heavy (non-hydrogen) atoms. The third-order valence-corrected chi connectivity index (χ3v) is 6.69. The highest BCUT2D eigenvalue weighted by molar-refractivity contribution is 5.86. The Bertz CT molecular complexity index is 905.